The van der Waals surface area contributed by atoms with Gasteiger partial charge in [0.05, 0.1) is 12.7 Å². The van der Waals surface area contributed by atoms with Crippen LogP contribution in [0, 0.1) is 0 Å². The minimum absolute atomic E-state index is 0.0682. The molecule has 108 valence electrons. The van der Waals surface area contributed by atoms with Gasteiger partial charge in [0.15, 0.2) is 5.78 Å². The van der Waals surface area contributed by atoms with Crippen molar-refractivity contribution >= 4 is 17.4 Å². The molecule has 0 unspecified atom stereocenters. The van der Waals surface area contributed by atoms with Crippen molar-refractivity contribution in [3.05, 3.63) is 65.7 Å². The molecule has 1 N–H and O–H groups in total. The molecule has 2 aromatic carbocycles. The first-order chi connectivity index (χ1) is 10.2. The first kappa shape index (κ1) is 14.8. The molecule has 21 heavy (non-hydrogen) atoms. The van der Waals surface area contributed by atoms with Crippen LogP contribution in [0.2, 0.25) is 0 Å². The van der Waals surface area contributed by atoms with Gasteiger partial charge >= 0.3 is 5.97 Å². The maximum atomic E-state index is 12.0. The molecule has 2 aromatic rings. The maximum absolute atomic E-state index is 12.0. The van der Waals surface area contributed by atoms with Gasteiger partial charge in [-0.25, -0.2) is 4.79 Å². The molecule has 0 radical (unpaired) electrons. The average molecular weight is 283 g/mol. The Hall–Kier alpha value is -2.62. The van der Waals surface area contributed by atoms with Crippen molar-refractivity contribution in [2.75, 3.05) is 19.0 Å². The number of esters is 1. The first-order valence-corrected chi connectivity index (χ1v) is 6.72. The Morgan fingerprint density at radius 3 is 2.38 bits per heavy atom. The van der Waals surface area contributed by atoms with Crippen LogP contribution in [0.15, 0.2) is 54.6 Å². The molecule has 0 bridgehead atoms. The highest BCUT2D eigenvalue weighted by atomic mass is 16.5. The smallest absolute Gasteiger partial charge is 0.339 e. The molecule has 0 fully saturated rings. The van der Waals surface area contributed by atoms with E-state index in [4.69, 9.17) is 4.74 Å². The number of carbonyl (C=O) groups is 2. The highest BCUT2D eigenvalue weighted by Crippen LogP contribution is 2.16. The number of rotatable bonds is 6. The zero-order valence-corrected chi connectivity index (χ0v) is 11.8. The summed E-state index contributed by atoms with van der Waals surface area (Å²) < 4.78 is 4.73. The van der Waals surface area contributed by atoms with Gasteiger partial charge in [0.25, 0.3) is 0 Å². The van der Waals surface area contributed by atoms with Crippen molar-refractivity contribution in [3.8, 4) is 0 Å². The molecule has 0 heterocycles. The first-order valence-electron chi connectivity index (χ1n) is 6.72. The largest absolute Gasteiger partial charge is 0.465 e. The van der Waals surface area contributed by atoms with Gasteiger partial charge in [-0.1, -0.05) is 42.5 Å². The predicted molar refractivity (Wildman–Crippen MR) is 81.7 cm³/mol. The van der Waals surface area contributed by atoms with Crippen LogP contribution >= 0.6 is 0 Å². The summed E-state index contributed by atoms with van der Waals surface area (Å²) >= 11 is 0. The lowest BCUT2D eigenvalue weighted by molar-refractivity contribution is 0.0601. The zero-order chi connectivity index (χ0) is 15.1. The van der Waals surface area contributed by atoms with E-state index in [0.29, 0.717) is 29.8 Å². The van der Waals surface area contributed by atoms with Gasteiger partial charge in [-0.2, -0.15) is 0 Å². The summed E-state index contributed by atoms with van der Waals surface area (Å²) in [6.07, 6.45) is 0.361. The fraction of sp³-hybridized carbons (Fsp3) is 0.176. The Morgan fingerprint density at radius 2 is 1.67 bits per heavy atom. The normalized spacial score (nSPS) is 9.95. The van der Waals surface area contributed by atoms with E-state index in [1.807, 2.05) is 24.3 Å². The number of nitrogens with one attached hydrogen (secondary N) is 1. The van der Waals surface area contributed by atoms with Gasteiger partial charge in [-0.3, -0.25) is 4.79 Å². The Morgan fingerprint density at radius 1 is 1.00 bits per heavy atom. The van der Waals surface area contributed by atoms with E-state index in [1.54, 1.807) is 30.3 Å². The van der Waals surface area contributed by atoms with Gasteiger partial charge in [0, 0.05) is 24.2 Å². The highest BCUT2D eigenvalue weighted by molar-refractivity contribution is 5.97. The number of hydrogen-bond donors (Lipinski definition) is 1. The SMILES string of the molecule is COC(=O)c1ccccc1NCCC(=O)c1ccccc1. The number of carbonyl (C=O) groups excluding carboxylic acids is 2. The Labute approximate surface area is 123 Å². The summed E-state index contributed by atoms with van der Waals surface area (Å²) in [4.78, 5) is 23.6. The number of benzene rings is 2. The standard InChI is InChI=1S/C17H17NO3/c1-21-17(20)14-9-5-6-10-15(14)18-12-11-16(19)13-7-3-2-4-8-13/h2-10,18H,11-12H2,1H3. The molecule has 0 aliphatic carbocycles. The number of ether oxygens (including phenoxy) is 1. The van der Waals surface area contributed by atoms with Gasteiger partial charge in [0.2, 0.25) is 0 Å². The van der Waals surface area contributed by atoms with Crippen LogP contribution in [-0.4, -0.2) is 25.4 Å². The second kappa shape index (κ2) is 7.24. The number of anilines is 1. The number of para-hydroxylation sites is 1. The van der Waals surface area contributed by atoms with Crippen molar-refractivity contribution in [1.82, 2.24) is 0 Å². The second-order valence-corrected chi connectivity index (χ2v) is 4.50. The van der Waals surface area contributed by atoms with Crippen molar-refractivity contribution in [2.45, 2.75) is 6.42 Å². The predicted octanol–water partition coefficient (Wildman–Crippen LogP) is 3.16. The third-order valence-electron chi connectivity index (χ3n) is 3.10. The molecule has 4 heteroatoms. The van der Waals surface area contributed by atoms with Gasteiger partial charge in [-0.15, -0.1) is 0 Å². The lowest BCUT2D eigenvalue weighted by Crippen LogP contribution is -2.12. The lowest BCUT2D eigenvalue weighted by Gasteiger charge is -2.10. The Balaban J connectivity index is 1.95. The molecule has 0 saturated carbocycles. The summed E-state index contributed by atoms with van der Waals surface area (Å²) in [6.45, 7) is 0.460. The van der Waals surface area contributed by atoms with Crippen LogP contribution in [0.25, 0.3) is 0 Å². The van der Waals surface area contributed by atoms with Crippen molar-refractivity contribution in [2.24, 2.45) is 0 Å². The molecule has 0 aliphatic rings. The summed E-state index contributed by atoms with van der Waals surface area (Å²) in [5, 5.41) is 3.11. The van der Waals surface area contributed by atoms with E-state index >= 15 is 0 Å². The monoisotopic (exact) mass is 283 g/mol. The van der Waals surface area contributed by atoms with Crippen LogP contribution in [0.4, 0.5) is 5.69 Å². The average Bonchev–Trinajstić information content (AvgIpc) is 2.55. The highest BCUT2D eigenvalue weighted by Gasteiger charge is 2.11. The van der Waals surface area contributed by atoms with Gasteiger partial charge < -0.3 is 10.1 Å². The van der Waals surface area contributed by atoms with E-state index < -0.39 is 5.97 Å². The molecule has 0 atom stereocenters. The molecule has 0 aromatic heterocycles. The topological polar surface area (TPSA) is 55.4 Å². The van der Waals surface area contributed by atoms with Gasteiger partial charge in [-0.05, 0) is 12.1 Å². The number of Topliss-reactive ketones (excluding diaryl/α,β-unsaturated/α-hetero) is 1. The quantitative estimate of drug-likeness (QED) is 0.653. The third-order valence-corrected chi connectivity index (χ3v) is 3.10. The minimum Gasteiger partial charge on any atom is -0.465 e. The molecular weight excluding hydrogens is 266 g/mol. The second-order valence-electron chi connectivity index (χ2n) is 4.50. The molecule has 0 amide bonds. The van der Waals surface area contributed by atoms with Crippen LogP contribution in [-0.2, 0) is 4.74 Å². The van der Waals surface area contributed by atoms with E-state index in [2.05, 4.69) is 5.32 Å². The van der Waals surface area contributed by atoms with Crippen molar-refractivity contribution in [3.63, 3.8) is 0 Å². The Bertz CT molecular complexity index is 623. The molecule has 0 saturated heterocycles. The zero-order valence-electron chi connectivity index (χ0n) is 11.8. The molecule has 4 nitrogen and oxygen atoms in total. The van der Waals surface area contributed by atoms with Crippen LogP contribution in [0.5, 0.6) is 0 Å². The summed E-state index contributed by atoms with van der Waals surface area (Å²) in [7, 11) is 1.35. The van der Waals surface area contributed by atoms with E-state index in [1.165, 1.54) is 7.11 Å². The summed E-state index contributed by atoms with van der Waals surface area (Å²) in [5.41, 5.74) is 1.83. The maximum Gasteiger partial charge on any atom is 0.339 e. The summed E-state index contributed by atoms with van der Waals surface area (Å²) in [5.74, 6) is -0.328. The number of methoxy groups -OCH3 is 1. The van der Waals surface area contributed by atoms with Crippen molar-refractivity contribution in [1.29, 1.82) is 0 Å². The van der Waals surface area contributed by atoms with E-state index in [-0.39, 0.29) is 5.78 Å². The Kier molecular flexibility index (Phi) is 5.10. The van der Waals surface area contributed by atoms with E-state index in [9.17, 15) is 9.59 Å². The molecule has 0 aliphatic heterocycles. The number of ketones is 1. The van der Waals surface area contributed by atoms with Crippen LogP contribution in [0.3, 0.4) is 0 Å². The molecule has 0 spiro atoms. The fourth-order valence-corrected chi connectivity index (χ4v) is 2.00. The number of hydrogen-bond acceptors (Lipinski definition) is 4. The third kappa shape index (κ3) is 3.92. The minimum atomic E-state index is -0.396. The van der Waals surface area contributed by atoms with Gasteiger partial charge in [0.1, 0.15) is 0 Å². The van der Waals surface area contributed by atoms with Crippen LogP contribution in [0.1, 0.15) is 27.1 Å². The van der Waals surface area contributed by atoms with Crippen molar-refractivity contribution < 1.29 is 14.3 Å². The van der Waals surface area contributed by atoms with Crippen LogP contribution < -0.4 is 5.32 Å². The van der Waals surface area contributed by atoms with E-state index in [0.717, 1.165) is 0 Å². The fourth-order valence-electron chi connectivity index (χ4n) is 2.00. The summed E-state index contributed by atoms with van der Waals surface area (Å²) in [6, 6.07) is 16.2. The lowest BCUT2D eigenvalue weighted by atomic mass is 10.1. The molecular formula is C17H17NO3. The molecule has 2 rings (SSSR count).